The van der Waals surface area contributed by atoms with Crippen molar-refractivity contribution in [3.8, 4) is 0 Å². The molecule has 1 aliphatic rings. The summed E-state index contributed by atoms with van der Waals surface area (Å²) < 4.78 is 0. The fourth-order valence-corrected chi connectivity index (χ4v) is 1.08. The van der Waals surface area contributed by atoms with Crippen LogP contribution in [0.1, 0.15) is 20.3 Å². The van der Waals surface area contributed by atoms with Crippen molar-refractivity contribution in [3.05, 3.63) is 30.2 Å². The van der Waals surface area contributed by atoms with E-state index in [4.69, 9.17) is 0 Å². The first-order valence-corrected chi connectivity index (χ1v) is 3.61. The van der Waals surface area contributed by atoms with E-state index in [2.05, 4.69) is 0 Å². The van der Waals surface area contributed by atoms with Crippen molar-refractivity contribution in [2.24, 2.45) is 0 Å². The van der Waals surface area contributed by atoms with E-state index in [1.165, 1.54) is 0 Å². The van der Waals surface area contributed by atoms with Gasteiger partial charge in [-0.3, -0.25) is 0 Å². The number of allylic oxidation sites excluding steroid dienone is 2. The molecule has 0 amide bonds. The van der Waals surface area contributed by atoms with Crippen molar-refractivity contribution in [1.29, 1.82) is 0 Å². The molecule has 0 aromatic carbocycles. The molecule has 0 aromatic heterocycles. The molecule has 1 aliphatic carbocycles. The van der Waals surface area contributed by atoms with Gasteiger partial charge in [0.25, 0.3) is 0 Å². The summed E-state index contributed by atoms with van der Waals surface area (Å²) in [7, 11) is 0. The minimum atomic E-state index is -0.682. The quantitative estimate of drug-likeness (QED) is 0.584. The van der Waals surface area contributed by atoms with Crippen LogP contribution in [0.4, 0.5) is 0 Å². The highest BCUT2D eigenvalue weighted by Gasteiger charge is 2.19. The zero-order chi connectivity index (χ0) is 7.61. The lowest BCUT2D eigenvalue weighted by molar-refractivity contribution is 0.136. The van der Waals surface area contributed by atoms with Crippen LogP contribution in [0.25, 0.3) is 0 Å². The van der Waals surface area contributed by atoms with Gasteiger partial charge in [-0.15, -0.1) is 0 Å². The Labute approximate surface area is 62.1 Å². The number of aliphatic hydroxyl groups is 1. The first-order valence-electron chi connectivity index (χ1n) is 3.61. The molecule has 1 heteroatoms. The molecule has 0 fully saturated rings. The van der Waals surface area contributed by atoms with E-state index in [9.17, 15) is 5.11 Å². The van der Waals surface area contributed by atoms with Crippen LogP contribution < -0.4 is 0 Å². The monoisotopic (exact) mass is 137 g/mol. The number of hydrogen-bond donors (Lipinski definition) is 1. The third kappa shape index (κ3) is 1.48. The predicted molar refractivity (Wildman–Crippen MR) is 42.4 cm³/mol. The Hall–Kier alpha value is -0.560. The Morgan fingerprint density at radius 2 is 2.30 bits per heavy atom. The van der Waals surface area contributed by atoms with Crippen molar-refractivity contribution in [2.45, 2.75) is 25.9 Å². The average Bonchev–Trinajstić information content (AvgIpc) is 1.88. The van der Waals surface area contributed by atoms with Gasteiger partial charge in [0.1, 0.15) is 5.60 Å². The van der Waals surface area contributed by atoms with Crippen molar-refractivity contribution >= 4 is 0 Å². The maximum atomic E-state index is 9.67. The van der Waals surface area contributed by atoms with E-state index >= 15 is 0 Å². The summed E-state index contributed by atoms with van der Waals surface area (Å²) in [5.74, 6) is 0. The topological polar surface area (TPSA) is 20.2 Å². The van der Waals surface area contributed by atoms with Crippen LogP contribution in [0.2, 0.25) is 0 Å². The molecular weight excluding hydrogens is 124 g/mol. The van der Waals surface area contributed by atoms with Crippen LogP contribution in [0.5, 0.6) is 0 Å². The summed E-state index contributed by atoms with van der Waals surface area (Å²) in [6.07, 6.45) is 8.34. The molecule has 0 bridgehead atoms. The number of hydrogen-bond acceptors (Lipinski definition) is 1. The highest BCUT2D eigenvalue weighted by Crippen LogP contribution is 2.21. The molecule has 0 saturated heterocycles. The summed E-state index contributed by atoms with van der Waals surface area (Å²) in [5.41, 5.74) is 0.450. The van der Waals surface area contributed by atoms with Crippen LogP contribution in [-0.4, -0.2) is 10.7 Å². The Bertz CT molecular complexity index is 179. The highest BCUT2D eigenvalue weighted by atomic mass is 16.3. The molecule has 0 heterocycles. The summed E-state index contributed by atoms with van der Waals surface area (Å²) in [6, 6.07) is 0. The average molecular weight is 137 g/mol. The van der Waals surface area contributed by atoms with Gasteiger partial charge in [0, 0.05) is 6.42 Å². The van der Waals surface area contributed by atoms with Gasteiger partial charge in [0.2, 0.25) is 0 Å². The molecule has 1 N–H and O–H groups in total. The molecule has 1 nitrogen and oxygen atoms in total. The van der Waals surface area contributed by atoms with E-state index in [0.717, 1.165) is 12.0 Å². The molecule has 0 spiro atoms. The van der Waals surface area contributed by atoms with Crippen molar-refractivity contribution in [3.63, 3.8) is 0 Å². The molecule has 55 valence electrons. The summed E-state index contributed by atoms with van der Waals surface area (Å²) in [4.78, 5) is 0. The number of rotatable bonds is 1. The van der Waals surface area contributed by atoms with Crippen molar-refractivity contribution in [2.75, 3.05) is 0 Å². The van der Waals surface area contributed by atoms with Crippen molar-refractivity contribution < 1.29 is 5.11 Å². The van der Waals surface area contributed by atoms with Crippen LogP contribution in [0, 0.1) is 6.42 Å². The van der Waals surface area contributed by atoms with E-state index in [-0.39, 0.29) is 0 Å². The standard InChI is InChI=1S/C9H13O/c1-3-9(10)6-4-5-8(2)7-9/h4-7,10H,3H2,1-2H3. The SMILES string of the molecule is CCC1(O)C=C[CH]C(C)=C1. The highest BCUT2D eigenvalue weighted by molar-refractivity contribution is 5.32. The van der Waals surface area contributed by atoms with Crippen LogP contribution in [-0.2, 0) is 0 Å². The van der Waals surface area contributed by atoms with E-state index in [0.29, 0.717) is 0 Å². The van der Waals surface area contributed by atoms with Gasteiger partial charge in [0.05, 0.1) is 0 Å². The Morgan fingerprint density at radius 1 is 1.60 bits per heavy atom. The lowest BCUT2D eigenvalue weighted by Crippen LogP contribution is -2.23. The second-order valence-corrected chi connectivity index (χ2v) is 2.76. The second-order valence-electron chi connectivity index (χ2n) is 2.76. The Morgan fingerprint density at radius 3 is 2.70 bits per heavy atom. The second kappa shape index (κ2) is 2.59. The molecular formula is C9H13O. The van der Waals surface area contributed by atoms with E-state index in [1.807, 2.05) is 38.5 Å². The molecule has 1 atom stereocenters. The summed E-state index contributed by atoms with van der Waals surface area (Å²) in [5, 5.41) is 9.67. The Balaban J connectivity index is 2.78. The van der Waals surface area contributed by atoms with Crippen molar-refractivity contribution in [1.82, 2.24) is 0 Å². The molecule has 1 unspecified atom stereocenters. The molecule has 0 saturated carbocycles. The fourth-order valence-electron chi connectivity index (χ4n) is 1.08. The smallest absolute Gasteiger partial charge is 0.101 e. The van der Waals surface area contributed by atoms with Gasteiger partial charge in [-0.25, -0.2) is 0 Å². The first kappa shape index (κ1) is 7.55. The molecule has 1 rings (SSSR count). The van der Waals surface area contributed by atoms with Gasteiger partial charge in [-0.1, -0.05) is 24.6 Å². The fraction of sp³-hybridized carbons (Fsp3) is 0.444. The van der Waals surface area contributed by atoms with Gasteiger partial charge in [-0.05, 0) is 19.4 Å². The maximum Gasteiger partial charge on any atom is 0.101 e. The largest absolute Gasteiger partial charge is 0.382 e. The van der Waals surface area contributed by atoms with Crippen LogP contribution >= 0.6 is 0 Å². The van der Waals surface area contributed by atoms with Gasteiger partial charge in [-0.2, -0.15) is 0 Å². The summed E-state index contributed by atoms with van der Waals surface area (Å²) >= 11 is 0. The van der Waals surface area contributed by atoms with Gasteiger partial charge >= 0.3 is 0 Å². The predicted octanol–water partition coefficient (Wildman–Crippen LogP) is 1.85. The summed E-state index contributed by atoms with van der Waals surface area (Å²) in [6.45, 7) is 3.96. The third-order valence-corrected chi connectivity index (χ3v) is 1.79. The van der Waals surface area contributed by atoms with E-state index in [1.54, 1.807) is 0 Å². The minimum absolute atomic E-state index is 0.682. The minimum Gasteiger partial charge on any atom is -0.382 e. The van der Waals surface area contributed by atoms with Gasteiger partial charge < -0.3 is 5.11 Å². The molecule has 1 radical (unpaired) electrons. The third-order valence-electron chi connectivity index (χ3n) is 1.79. The Kier molecular flexibility index (Phi) is 1.95. The van der Waals surface area contributed by atoms with Crippen LogP contribution in [0.3, 0.4) is 0 Å². The first-order chi connectivity index (χ1) is 4.66. The van der Waals surface area contributed by atoms with E-state index < -0.39 is 5.60 Å². The van der Waals surface area contributed by atoms with Gasteiger partial charge in [0.15, 0.2) is 0 Å². The normalized spacial score (nSPS) is 32.1. The molecule has 0 aromatic rings. The van der Waals surface area contributed by atoms with Crippen LogP contribution in [0.15, 0.2) is 23.8 Å². The molecule has 0 aliphatic heterocycles. The zero-order valence-electron chi connectivity index (χ0n) is 6.46. The lowest BCUT2D eigenvalue weighted by atomic mass is 9.92. The molecule has 10 heavy (non-hydrogen) atoms. The maximum absolute atomic E-state index is 9.67. The lowest BCUT2D eigenvalue weighted by Gasteiger charge is -2.22. The zero-order valence-corrected chi connectivity index (χ0v) is 6.46.